The number of hydrogen-bond acceptors (Lipinski definition) is 9. The van der Waals surface area contributed by atoms with Crippen LogP contribution in [0.2, 0.25) is 0 Å². The van der Waals surface area contributed by atoms with Gasteiger partial charge in [-0.25, -0.2) is 18.4 Å². The Hall–Kier alpha value is -3.54. The number of fused-ring (bicyclic) bond motifs is 1. The Morgan fingerprint density at radius 1 is 1.31 bits per heavy atom. The Morgan fingerprint density at radius 3 is 2.93 bits per heavy atom. The maximum atomic E-state index is 13.6. The molecule has 5 rings (SSSR count). The van der Waals surface area contributed by atoms with Crippen molar-refractivity contribution < 1.29 is 28.2 Å². The van der Waals surface area contributed by atoms with Crippen molar-refractivity contribution in [2.24, 2.45) is 0 Å². The van der Waals surface area contributed by atoms with Gasteiger partial charge in [0.05, 0.1) is 19.1 Å². The van der Waals surface area contributed by atoms with Crippen LogP contribution < -0.4 is 10.5 Å². The van der Waals surface area contributed by atoms with Crippen LogP contribution in [0.3, 0.4) is 0 Å². The van der Waals surface area contributed by atoms with E-state index in [1.165, 1.54) is 21.6 Å². The van der Waals surface area contributed by atoms with Gasteiger partial charge in [0.2, 0.25) is 17.4 Å². The number of amides is 1. The molecule has 1 N–H and O–H groups in total. The van der Waals surface area contributed by atoms with Gasteiger partial charge in [-0.2, -0.15) is 0 Å². The van der Waals surface area contributed by atoms with Crippen molar-refractivity contribution in [3.8, 4) is 17.4 Å². The highest BCUT2D eigenvalue weighted by molar-refractivity contribution is 5.78. The molecule has 12 heteroatoms. The summed E-state index contributed by atoms with van der Waals surface area (Å²) in [6.07, 6.45) is 0.133. The van der Waals surface area contributed by atoms with E-state index < -0.39 is 30.1 Å². The lowest BCUT2D eigenvalue weighted by molar-refractivity contribution is -0.143. The van der Waals surface area contributed by atoms with Crippen molar-refractivity contribution in [3.63, 3.8) is 0 Å². The molecule has 0 radical (unpaired) electrons. The van der Waals surface area contributed by atoms with Crippen LogP contribution in [0.4, 0.5) is 4.39 Å². The molecule has 0 unspecified atom stereocenters. The fourth-order valence-electron chi connectivity index (χ4n) is 3.54. The number of carbonyl (C=O) groups excluding carboxylic acids is 1. The summed E-state index contributed by atoms with van der Waals surface area (Å²) in [7, 11) is 0. The second-order valence-corrected chi connectivity index (χ2v) is 6.82. The second kappa shape index (κ2) is 6.51. The zero-order valence-electron chi connectivity index (χ0n) is 14.8. The third kappa shape index (κ3) is 2.79. The van der Waals surface area contributed by atoms with Gasteiger partial charge in [-0.05, 0) is 40.0 Å². The van der Waals surface area contributed by atoms with Crippen LogP contribution in [0.1, 0.15) is 17.2 Å². The molecule has 0 saturated carbocycles. The smallest absolute Gasteiger partial charge is 0.442 e. The molecular formula is C17H14FN5O6. The van der Waals surface area contributed by atoms with Crippen LogP contribution >= 0.6 is 0 Å². The monoisotopic (exact) mass is 403 g/mol. The molecular weight excluding hydrogens is 389 g/mol. The standard InChI is InChI=1S/C17H14FN5O6/c18-9-2-1-8-3-12(11(8)4-9)23-15(20-28-17(23)26)14-16(21-29-19-14)27-10-5-22(6-10)13(25)7-24/h1-2,4,10,12,24H,3,5-7H2/t12-/m0/s1. The molecule has 3 aromatic rings. The molecule has 29 heavy (non-hydrogen) atoms. The fraction of sp³-hybridized carbons (Fsp3) is 0.353. The minimum Gasteiger partial charge on any atom is -0.467 e. The summed E-state index contributed by atoms with van der Waals surface area (Å²) in [4.78, 5) is 25.1. The van der Waals surface area contributed by atoms with Crippen molar-refractivity contribution >= 4 is 5.91 Å². The van der Waals surface area contributed by atoms with Crippen molar-refractivity contribution in [2.45, 2.75) is 18.6 Å². The van der Waals surface area contributed by atoms with Gasteiger partial charge in [0, 0.05) is 0 Å². The maximum absolute atomic E-state index is 13.6. The topological polar surface area (TPSA) is 137 Å². The predicted molar refractivity (Wildman–Crippen MR) is 90.4 cm³/mol. The lowest BCUT2D eigenvalue weighted by Crippen LogP contribution is -2.57. The third-order valence-corrected chi connectivity index (χ3v) is 5.11. The van der Waals surface area contributed by atoms with Gasteiger partial charge in [0.15, 0.2) is 0 Å². The van der Waals surface area contributed by atoms with Crippen LogP contribution in [0, 0.1) is 5.82 Å². The number of halogens is 1. The molecule has 1 aliphatic carbocycles. The number of ether oxygens (including phenoxy) is 1. The highest BCUT2D eigenvalue weighted by atomic mass is 19.1. The minimum atomic E-state index is -0.725. The van der Waals surface area contributed by atoms with Gasteiger partial charge in [0.1, 0.15) is 18.5 Å². The lowest BCUT2D eigenvalue weighted by Gasteiger charge is -2.37. The largest absolute Gasteiger partial charge is 0.467 e. The molecule has 1 atom stereocenters. The Morgan fingerprint density at radius 2 is 2.14 bits per heavy atom. The molecule has 11 nitrogen and oxygen atoms in total. The van der Waals surface area contributed by atoms with E-state index in [0.717, 1.165) is 5.56 Å². The number of likely N-dealkylation sites (tertiary alicyclic amines) is 1. The summed E-state index contributed by atoms with van der Waals surface area (Å²) in [5.74, 6) is -1.49. The highest BCUT2D eigenvalue weighted by Crippen LogP contribution is 2.38. The first-order valence-corrected chi connectivity index (χ1v) is 8.80. The van der Waals surface area contributed by atoms with E-state index in [1.807, 2.05) is 0 Å². The third-order valence-electron chi connectivity index (χ3n) is 5.11. The van der Waals surface area contributed by atoms with E-state index in [4.69, 9.17) is 19.0 Å². The number of aromatic nitrogens is 4. The Bertz CT molecular complexity index is 1150. The molecule has 3 heterocycles. The summed E-state index contributed by atoms with van der Waals surface area (Å²) < 4.78 is 30.1. The first-order chi connectivity index (χ1) is 14.0. The average molecular weight is 403 g/mol. The van der Waals surface area contributed by atoms with E-state index in [2.05, 4.69) is 15.5 Å². The predicted octanol–water partition coefficient (Wildman–Crippen LogP) is -0.247. The van der Waals surface area contributed by atoms with Gasteiger partial charge in [-0.1, -0.05) is 11.2 Å². The van der Waals surface area contributed by atoms with Crippen molar-refractivity contribution in [1.29, 1.82) is 0 Å². The van der Waals surface area contributed by atoms with Crippen LogP contribution in [0.25, 0.3) is 11.5 Å². The molecule has 1 amide bonds. The first kappa shape index (κ1) is 17.6. The molecule has 1 saturated heterocycles. The Kier molecular flexibility index (Phi) is 3.94. The number of aliphatic hydroxyl groups excluding tert-OH is 1. The zero-order valence-corrected chi connectivity index (χ0v) is 14.8. The van der Waals surface area contributed by atoms with Crippen LogP contribution in [-0.4, -0.2) is 61.8 Å². The van der Waals surface area contributed by atoms with Crippen molar-refractivity contribution in [1.82, 2.24) is 24.9 Å². The quantitative estimate of drug-likeness (QED) is 0.611. The Labute approximate surface area is 161 Å². The molecule has 150 valence electrons. The average Bonchev–Trinajstić information content (AvgIpc) is 3.26. The normalized spacial score (nSPS) is 18.1. The van der Waals surface area contributed by atoms with E-state index in [9.17, 15) is 14.0 Å². The molecule has 1 aliphatic heterocycles. The number of nitrogens with zero attached hydrogens (tertiary/aromatic N) is 5. The molecule has 0 bridgehead atoms. The second-order valence-electron chi connectivity index (χ2n) is 6.82. The lowest BCUT2D eigenvalue weighted by atomic mass is 9.83. The highest BCUT2D eigenvalue weighted by Gasteiger charge is 2.37. The van der Waals surface area contributed by atoms with E-state index in [-0.39, 0.29) is 36.6 Å². The Balaban J connectivity index is 1.41. The van der Waals surface area contributed by atoms with Gasteiger partial charge < -0.3 is 14.7 Å². The molecule has 0 spiro atoms. The minimum absolute atomic E-state index is 0.00747. The van der Waals surface area contributed by atoms with E-state index >= 15 is 0 Å². The van der Waals surface area contributed by atoms with Gasteiger partial charge in [-0.15, -0.1) is 0 Å². The fourth-order valence-corrected chi connectivity index (χ4v) is 3.54. The number of rotatable bonds is 5. The van der Waals surface area contributed by atoms with Crippen molar-refractivity contribution in [2.75, 3.05) is 19.7 Å². The summed E-state index contributed by atoms with van der Waals surface area (Å²) in [5, 5.41) is 20.1. The number of benzene rings is 1. The van der Waals surface area contributed by atoms with Gasteiger partial charge in [-0.3, -0.25) is 9.32 Å². The molecule has 1 fully saturated rings. The summed E-state index contributed by atoms with van der Waals surface area (Å²) >= 11 is 0. The number of hydrogen-bond donors (Lipinski definition) is 1. The number of carbonyl (C=O) groups is 1. The van der Waals surface area contributed by atoms with Crippen LogP contribution in [0.15, 0.2) is 32.1 Å². The maximum Gasteiger partial charge on any atom is 0.442 e. The summed E-state index contributed by atoms with van der Waals surface area (Å²) in [6.45, 7) is -0.0304. The summed E-state index contributed by atoms with van der Waals surface area (Å²) in [5.41, 5.74) is 1.65. The van der Waals surface area contributed by atoms with E-state index in [1.54, 1.807) is 6.07 Å². The van der Waals surface area contributed by atoms with Crippen LogP contribution in [-0.2, 0) is 11.2 Å². The van der Waals surface area contributed by atoms with Crippen LogP contribution in [0.5, 0.6) is 5.88 Å². The SMILES string of the molecule is O=C(CO)N1CC(Oc2nonc2-c2noc(=O)n2[C@H]2Cc3ccc(F)cc32)C1. The van der Waals surface area contributed by atoms with Crippen molar-refractivity contribution in [3.05, 3.63) is 45.7 Å². The molecule has 1 aromatic carbocycles. The zero-order chi connectivity index (χ0) is 20.1. The molecule has 2 aliphatic rings. The van der Waals surface area contributed by atoms with E-state index in [0.29, 0.717) is 12.0 Å². The summed E-state index contributed by atoms with van der Waals surface area (Å²) in [6, 6.07) is 3.94. The van der Waals surface area contributed by atoms with Gasteiger partial charge >= 0.3 is 5.76 Å². The number of aliphatic hydroxyl groups is 1. The van der Waals surface area contributed by atoms with Gasteiger partial charge in [0.25, 0.3) is 5.88 Å². The first-order valence-electron chi connectivity index (χ1n) is 8.80. The molecule has 2 aromatic heterocycles.